The van der Waals surface area contributed by atoms with Gasteiger partial charge in [-0.05, 0) is 55.5 Å². The van der Waals surface area contributed by atoms with E-state index in [-0.39, 0.29) is 30.8 Å². The molecule has 0 unspecified atom stereocenters. The summed E-state index contributed by atoms with van der Waals surface area (Å²) in [6.07, 6.45) is 0. The summed E-state index contributed by atoms with van der Waals surface area (Å²) in [5.74, 6) is 0.195. The molecule has 1 heterocycles. The van der Waals surface area contributed by atoms with E-state index in [1.807, 2.05) is 19.1 Å². The number of benzene rings is 3. The van der Waals surface area contributed by atoms with Gasteiger partial charge in [-0.15, -0.1) is 0 Å². The molecule has 0 saturated heterocycles. The molecule has 0 saturated carbocycles. The summed E-state index contributed by atoms with van der Waals surface area (Å²) in [5, 5.41) is 0. The number of anilines is 1. The van der Waals surface area contributed by atoms with Crippen LogP contribution in [0.2, 0.25) is 0 Å². The average molecular weight is 444 g/mol. The molecule has 0 bridgehead atoms. The van der Waals surface area contributed by atoms with Gasteiger partial charge in [0.25, 0.3) is 17.7 Å². The first-order chi connectivity index (χ1) is 16.0. The molecule has 7 heteroatoms. The van der Waals surface area contributed by atoms with Gasteiger partial charge in [-0.2, -0.15) is 0 Å². The Morgan fingerprint density at radius 3 is 2.09 bits per heavy atom. The van der Waals surface area contributed by atoms with Gasteiger partial charge < -0.3 is 14.4 Å². The third-order valence-corrected chi connectivity index (χ3v) is 5.46. The highest BCUT2D eigenvalue weighted by molar-refractivity contribution is 6.21. The van der Waals surface area contributed by atoms with Crippen molar-refractivity contribution >= 4 is 23.4 Å². The molecular formula is C26H24N2O5. The van der Waals surface area contributed by atoms with Crippen molar-refractivity contribution < 1.29 is 23.9 Å². The van der Waals surface area contributed by atoms with Crippen molar-refractivity contribution in [2.45, 2.75) is 6.92 Å². The Morgan fingerprint density at radius 2 is 1.48 bits per heavy atom. The fraction of sp³-hybridized carbons (Fsp3) is 0.192. The van der Waals surface area contributed by atoms with Crippen molar-refractivity contribution in [3.05, 3.63) is 89.5 Å². The quantitative estimate of drug-likeness (QED) is 0.490. The van der Waals surface area contributed by atoms with Gasteiger partial charge in [0.1, 0.15) is 11.5 Å². The normalized spacial score (nSPS) is 12.5. The smallest absolute Gasteiger partial charge is 0.261 e. The van der Waals surface area contributed by atoms with Crippen LogP contribution in [0, 0.1) is 0 Å². The lowest BCUT2D eigenvalue weighted by atomic mass is 10.1. The van der Waals surface area contributed by atoms with Crippen LogP contribution < -0.4 is 14.4 Å². The Kier molecular flexibility index (Phi) is 6.40. The summed E-state index contributed by atoms with van der Waals surface area (Å²) < 4.78 is 10.9. The van der Waals surface area contributed by atoms with Crippen LogP contribution in [0.3, 0.4) is 0 Å². The second-order valence-electron chi connectivity index (χ2n) is 7.39. The number of methoxy groups -OCH3 is 1. The number of imide groups is 1. The van der Waals surface area contributed by atoms with E-state index in [0.717, 1.165) is 0 Å². The van der Waals surface area contributed by atoms with E-state index in [2.05, 4.69) is 0 Å². The maximum Gasteiger partial charge on any atom is 0.261 e. The van der Waals surface area contributed by atoms with Crippen LogP contribution in [-0.2, 0) is 0 Å². The molecule has 0 aliphatic carbocycles. The maximum absolute atomic E-state index is 13.5. The standard InChI is InChI=1S/C26H24N2O5/c1-3-33-23-11-7-6-10-22(23)27(24(29)18-12-14-19(32-2)15-13-18)16-17-28-25(30)20-8-4-5-9-21(20)26(28)31/h4-15H,3,16-17H2,1-2H3. The zero-order valence-electron chi connectivity index (χ0n) is 18.5. The summed E-state index contributed by atoms with van der Waals surface area (Å²) in [6.45, 7) is 2.46. The molecule has 3 amide bonds. The van der Waals surface area contributed by atoms with Crippen LogP contribution in [0.15, 0.2) is 72.8 Å². The van der Waals surface area contributed by atoms with Crippen molar-refractivity contribution in [1.29, 1.82) is 0 Å². The Labute approximate surface area is 192 Å². The average Bonchev–Trinajstić information content (AvgIpc) is 3.10. The molecule has 168 valence electrons. The molecule has 0 radical (unpaired) electrons. The molecule has 3 aromatic carbocycles. The number of para-hydroxylation sites is 2. The first kappa shape index (κ1) is 22.1. The van der Waals surface area contributed by atoms with Gasteiger partial charge >= 0.3 is 0 Å². The zero-order valence-corrected chi connectivity index (χ0v) is 18.5. The van der Waals surface area contributed by atoms with Crippen LogP contribution in [-0.4, -0.2) is 49.4 Å². The third-order valence-electron chi connectivity index (χ3n) is 5.46. The van der Waals surface area contributed by atoms with Crippen LogP contribution in [0.5, 0.6) is 11.5 Å². The number of fused-ring (bicyclic) bond motifs is 1. The van der Waals surface area contributed by atoms with Crippen LogP contribution in [0.25, 0.3) is 0 Å². The monoisotopic (exact) mass is 444 g/mol. The molecule has 0 spiro atoms. The fourth-order valence-electron chi connectivity index (χ4n) is 3.82. The minimum atomic E-state index is -0.356. The topological polar surface area (TPSA) is 76.2 Å². The molecule has 0 atom stereocenters. The molecule has 0 aromatic heterocycles. The number of carbonyl (C=O) groups excluding carboxylic acids is 3. The first-order valence-electron chi connectivity index (χ1n) is 10.7. The van der Waals surface area contributed by atoms with Gasteiger partial charge in [0.2, 0.25) is 0 Å². The molecule has 1 aliphatic heterocycles. The van der Waals surface area contributed by atoms with Gasteiger partial charge in [-0.1, -0.05) is 24.3 Å². The van der Waals surface area contributed by atoms with Crippen molar-refractivity contribution in [2.75, 3.05) is 31.7 Å². The van der Waals surface area contributed by atoms with E-state index in [9.17, 15) is 14.4 Å². The molecule has 1 aliphatic rings. The summed E-state index contributed by atoms with van der Waals surface area (Å²) >= 11 is 0. The van der Waals surface area contributed by atoms with Gasteiger partial charge in [-0.25, -0.2) is 0 Å². The van der Waals surface area contributed by atoms with E-state index in [4.69, 9.17) is 9.47 Å². The number of carbonyl (C=O) groups is 3. The number of rotatable bonds is 8. The highest BCUT2D eigenvalue weighted by Gasteiger charge is 2.35. The highest BCUT2D eigenvalue weighted by atomic mass is 16.5. The Hall–Kier alpha value is -4.13. The molecule has 3 aromatic rings. The maximum atomic E-state index is 13.5. The van der Waals surface area contributed by atoms with E-state index < -0.39 is 0 Å². The van der Waals surface area contributed by atoms with Crippen LogP contribution in [0.1, 0.15) is 38.0 Å². The molecule has 7 nitrogen and oxygen atoms in total. The van der Waals surface area contributed by atoms with Crippen LogP contribution >= 0.6 is 0 Å². The number of amides is 3. The van der Waals surface area contributed by atoms with Gasteiger partial charge in [-0.3, -0.25) is 19.3 Å². The van der Waals surface area contributed by atoms with Crippen molar-refractivity contribution in [3.8, 4) is 11.5 Å². The number of nitrogens with zero attached hydrogens (tertiary/aromatic N) is 2. The second-order valence-corrected chi connectivity index (χ2v) is 7.39. The van der Waals surface area contributed by atoms with E-state index in [1.54, 1.807) is 67.8 Å². The summed E-state index contributed by atoms with van der Waals surface area (Å²) in [5.41, 5.74) is 1.77. The summed E-state index contributed by atoms with van der Waals surface area (Å²) in [7, 11) is 1.56. The fourth-order valence-corrected chi connectivity index (χ4v) is 3.82. The lowest BCUT2D eigenvalue weighted by Crippen LogP contribution is -2.41. The largest absolute Gasteiger partial charge is 0.497 e. The lowest BCUT2D eigenvalue weighted by Gasteiger charge is -2.27. The predicted molar refractivity (Wildman–Crippen MR) is 124 cm³/mol. The second kappa shape index (κ2) is 9.56. The Morgan fingerprint density at radius 1 is 0.879 bits per heavy atom. The highest BCUT2D eigenvalue weighted by Crippen LogP contribution is 2.30. The summed E-state index contributed by atoms with van der Waals surface area (Å²) in [6, 6.07) is 20.7. The SMILES string of the molecule is CCOc1ccccc1N(CCN1C(=O)c2ccccc2C1=O)C(=O)c1ccc(OC)cc1. The Bertz CT molecular complexity index is 1150. The Balaban J connectivity index is 1.64. The van der Waals surface area contributed by atoms with E-state index in [0.29, 0.717) is 40.5 Å². The van der Waals surface area contributed by atoms with Crippen molar-refractivity contribution in [2.24, 2.45) is 0 Å². The number of hydrogen-bond donors (Lipinski definition) is 0. The van der Waals surface area contributed by atoms with Gasteiger partial charge in [0.15, 0.2) is 0 Å². The zero-order chi connectivity index (χ0) is 23.4. The van der Waals surface area contributed by atoms with Crippen LogP contribution in [0.4, 0.5) is 5.69 Å². The van der Waals surface area contributed by atoms with Gasteiger partial charge in [0, 0.05) is 18.7 Å². The summed E-state index contributed by atoms with van der Waals surface area (Å²) in [4.78, 5) is 41.8. The molecule has 4 rings (SSSR count). The van der Waals surface area contributed by atoms with E-state index in [1.165, 1.54) is 9.80 Å². The molecular weight excluding hydrogens is 420 g/mol. The molecule has 0 N–H and O–H groups in total. The number of hydrogen-bond acceptors (Lipinski definition) is 5. The predicted octanol–water partition coefficient (Wildman–Crippen LogP) is 4.04. The molecule has 33 heavy (non-hydrogen) atoms. The minimum absolute atomic E-state index is 0.0503. The molecule has 0 fully saturated rings. The third kappa shape index (κ3) is 4.30. The number of ether oxygens (including phenoxy) is 2. The lowest BCUT2D eigenvalue weighted by molar-refractivity contribution is 0.0654. The first-order valence-corrected chi connectivity index (χ1v) is 10.7. The van der Waals surface area contributed by atoms with Crippen molar-refractivity contribution in [3.63, 3.8) is 0 Å². The van der Waals surface area contributed by atoms with Crippen molar-refractivity contribution in [1.82, 2.24) is 4.90 Å². The minimum Gasteiger partial charge on any atom is -0.497 e. The van der Waals surface area contributed by atoms with Gasteiger partial charge in [0.05, 0.1) is 30.5 Å². The van der Waals surface area contributed by atoms with E-state index >= 15 is 0 Å².